The number of Topliss-reactive ketones (excluding diaryl/α,β-unsaturated/α-hetero) is 1. The van der Waals surface area contributed by atoms with Gasteiger partial charge >= 0.3 is 0 Å². The summed E-state index contributed by atoms with van der Waals surface area (Å²) < 4.78 is 34.6. The first kappa shape index (κ1) is 24.8. The second-order valence-electron chi connectivity index (χ2n) is 8.99. The second-order valence-corrected chi connectivity index (χ2v) is 8.99. The first-order valence-electron chi connectivity index (χ1n) is 11.3. The number of carbonyl (C=O) groups excluding carboxylic acids is 1. The van der Waals surface area contributed by atoms with Crippen LogP contribution in [0.5, 0.6) is 0 Å². The summed E-state index contributed by atoms with van der Waals surface area (Å²) in [5.41, 5.74) is 12.8. The number of rotatable bonds is 6. The molecule has 0 aliphatic carbocycles. The van der Waals surface area contributed by atoms with E-state index in [0.29, 0.717) is 17.5 Å². The Morgan fingerprint density at radius 2 is 1.94 bits per heavy atom. The first-order chi connectivity index (χ1) is 16.7. The zero-order valence-electron chi connectivity index (χ0n) is 19.4. The molecule has 0 spiro atoms. The highest BCUT2D eigenvalue weighted by Gasteiger charge is 2.38. The van der Waals surface area contributed by atoms with E-state index >= 15 is 0 Å². The van der Waals surface area contributed by atoms with Gasteiger partial charge in [-0.3, -0.25) is 9.78 Å². The van der Waals surface area contributed by atoms with Crippen molar-refractivity contribution in [3.05, 3.63) is 71.3 Å². The first-order valence-corrected chi connectivity index (χ1v) is 11.3. The number of aromatic nitrogens is 3. The smallest absolute Gasteiger partial charge is 0.187 e. The molecule has 184 valence electrons. The van der Waals surface area contributed by atoms with Crippen LogP contribution in [0.1, 0.15) is 48.0 Å². The van der Waals surface area contributed by atoms with Crippen molar-refractivity contribution >= 4 is 11.5 Å². The van der Waals surface area contributed by atoms with Gasteiger partial charge in [0.2, 0.25) is 0 Å². The summed E-state index contributed by atoms with van der Waals surface area (Å²) in [6, 6.07) is 4.64. The largest absolute Gasteiger partial charge is 0.396 e. The molecule has 0 radical (unpaired) electrons. The standard InChI is InChI=1S/C25H27F2N5O3/c1-12(2)24-23(34)17(28)9-20(35-24)14-6-7-30-10-13(14)8-19(33)22-18(29)11-31-25(32-22)21-15(26)4-3-5-16(21)27/h3-7,10-12,17,20,23-24,34H,8-9,28-29H2,1-2H3/t17-,20-,23+,24-/m1/s1. The molecule has 1 aliphatic heterocycles. The van der Waals surface area contributed by atoms with E-state index in [-0.39, 0.29) is 29.5 Å². The van der Waals surface area contributed by atoms with Gasteiger partial charge in [-0.15, -0.1) is 0 Å². The van der Waals surface area contributed by atoms with Gasteiger partial charge in [-0.1, -0.05) is 19.9 Å². The van der Waals surface area contributed by atoms with Gasteiger partial charge < -0.3 is 21.3 Å². The van der Waals surface area contributed by atoms with Gasteiger partial charge in [0.05, 0.1) is 35.8 Å². The average molecular weight is 484 g/mol. The Morgan fingerprint density at radius 1 is 1.23 bits per heavy atom. The molecular formula is C25H27F2N5O3. The van der Waals surface area contributed by atoms with Gasteiger partial charge in [0.1, 0.15) is 17.3 Å². The van der Waals surface area contributed by atoms with E-state index in [9.17, 15) is 18.7 Å². The van der Waals surface area contributed by atoms with Crippen molar-refractivity contribution in [2.75, 3.05) is 5.73 Å². The number of aliphatic hydroxyl groups excluding tert-OH is 1. The number of nitrogen functional groups attached to an aromatic ring is 1. The van der Waals surface area contributed by atoms with Gasteiger partial charge in [-0.05, 0) is 41.7 Å². The molecule has 1 aromatic carbocycles. The van der Waals surface area contributed by atoms with Crippen molar-refractivity contribution < 1.29 is 23.4 Å². The number of halogens is 2. The van der Waals surface area contributed by atoms with Crippen molar-refractivity contribution in [3.8, 4) is 11.4 Å². The highest BCUT2D eigenvalue weighted by Crippen LogP contribution is 2.35. The molecule has 35 heavy (non-hydrogen) atoms. The number of nitrogens with two attached hydrogens (primary N) is 2. The Kier molecular flexibility index (Phi) is 7.15. The molecular weight excluding hydrogens is 456 g/mol. The summed E-state index contributed by atoms with van der Waals surface area (Å²) in [7, 11) is 0. The normalized spacial score (nSPS) is 22.4. The lowest BCUT2D eigenvalue weighted by atomic mass is 9.86. The van der Waals surface area contributed by atoms with Gasteiger partial charge in [-0.2, -0.15) is 0 Å². The quantitative estimate of drug-likeness (QED) is 0.455. The zero-order valence-corrected chi connectivity index (χ0v) is 19.4. The number of anilines is 1. The van der Waals surface area contributed by atoms with Gasteiger partial charge in [0.25, 0.3) is 0 Å². The van der Waals surface area contributed by atoms with E-state index < -0.39 is 47.3 Å². The fraction of sp³-hybridized carbons (Fsp3) is 0.360. The van der Waals surface area contributed by atoms with E-state index in [4.69, 9.17) is 16.2 Å². The van der Waals surface area contributed by atoms with Crippen molar-refractivity contribution in [1.29, 1.82) is 0 Å². The highest BCUT2D eigenvalue weighted by atomic mass is 19.1. The molecule has 5 N–H and O–H groups in total. The van der Waals surface area contributed by atoms with E-state index in [1.807, 2.05) is 13.8 Å². The fourth-order valence-corrected chi connectivity index (χ4v) is 4.31. The van der Waals surface area contributed by atoms with E-state index in [2.05, 4.69) is 15.0 Å². The van der Waals surface area contributed by atoms with E-state index in [0.717, 1.165) is 18.3 Å². The third kappa shape index (κ3) is 5.04. The number of benzene rings is 1. The topological polar surface area (TPSA) is 137 Å². The van der Waals surface area contributed by atoms with Crippen LogP contribution in [0.3, 0.4) is 0 Å². The van der Waals surface area contributed by atoms with Gasteiger partial charge in [0, 0.05) is 24.9 Å². The monoisotopic (exact) mass is 483 g/mol. The summed E-state index contributed by atoms with van der Waals surface area (Å²) in [5, 5.41) is 10.4. The van der Waals surface area contributed by atoms with Crippen LogP contribution in [0.15, 0.2) is 42.9 Å². The van der Waals surface area contributed by atoms with Crippen LogP contribution < -0.4 is 11.5 Å². The molecule has 1 aliphatic rings. The lowest BCUT2D eigenvalue weighted by molar-refractivity contribution is -0.145. The molecule has 4 rings (SSSR count). The third-order valence-corrected chi connectivity index (χ3v) is 6.15. The van der Waals surface area contributed by atoms with Crippen molar-refractivity contribution in [2.24, 2.45) is 11.7 Å². The summed E-state index contributed by atoms with van der Waals surface area (Å²) in [4.78, 5) is 25.4. The highest BCUT2D eigenvalue weighted by molar-refractivity contribution is 6.00. The van der Waals surface area contributed by atoms with Gasteiger partial charge in [-0.25, -0.2) is 18.7 Å². The molecule has 10 heteroatoms. The number of hydrogen-bond donors (Lipinski definition) is 3. The molecule has 0 unspecified atom stereocenters. The summed E-state index contributed by atoms with van der Waals surface area (Å²) in [6.45, 7) is 3.88. The molecule has 2 aromatic heterocycles. The number of ketones is 1. The van der Waals surface area contributed by atoms with Crippen molar-refractivity contribution in [1.82, 2.24) is 15.0 Å². The predicted molar refractivity (Wildman–Crippen MR) is 125 cm³/mol. The number of ether oxygens (including phenoxy) is 1. The van der Waals surface area contributed by atoms with Crippen LogP contribution >= 0.6 is 0 Å². The molecule has 3 heterocycles. The SMILES string of the molecule is CC(C)[C@H]1O[C@@H](c2ccncc2CC(=O)c2nc(-c3c(F)cccc3F)ncc2N)C[C@@H](N)[C@@H]1O. The Morgan fingerprint density at radius 3 is 2.63 bits per heavy atom. The molecule has 1 saturated heterocycles. The molecule has 0 amide bonds. The Labute approximate surface area is 201 Å². The number of nitrogens with zero attached hydrogens (tertiary/aromatic N) is 3. The van der Waals surface area contributed by atoms with Crippen LogP contribution in [-0.2, 0) is 11.2 Å². The molecule has 0 bridgehead atoms. The van der Waals surface area contributed by atoms with Gasteiger partial charge in [0.15, 0.2) is 11.6 Å². The Hall–Kier alpha value is -3.34. The average Bonchev–Trinajstić information content (AvgIpc) is 2.81. The van der Waals surface area contributed by atoms with Crippen molar-refractivity contribution in [2.45, 2.75) is 51.0 Å². The summed E-state index contributed by atoms with van der Waals surface area (Å²) in [6.07, 6.45) is 2.82. The maximum atomic E-state index is 14.2. The number of carbonyl (C=O) groups is 1. The van der Waals surface area contributed by atoms with Crippen LogP contribution in [0.2, 0.25) is 0 Å². The lowest BCUT2D eigenvalue weighted by Gasteiger charge is -2.40. The molecule has 1 fully saturated rings. The Bertz CT molecular complexity index is 1220. The van der Waals surface area contributed by atoms with Crippen LogP contribution in [0.4, 0.5) is 14.5 Å². The number of aliphatic hydroxyl groups is 1. The van der Waals surface area contributed by atoms with E-state index in [1.54, 1.807) is 18.5 Å². The molecule has 8 nitrogen and oxygen atoms in total. The van der Waals surface area contributed by atoms with Crippen LogP contribution in [0.25, 0.3) is 11.4 Å². The van der Waals surface area contributed by atoms with Crippen LogP contribution in [0, 0.1) is 17.6 Å². The minimum absolute atomic E-state index is 0.0140. The molecule has 4 atom stereocenters. The number of pyridine rings is 1. The Balaban J connectivity index is 1.64. The maximum absolute atomic E-state index is 14.2. The third-order valence-electron chi connectivity index (χ3n) is 6.15. The molecule has 3 aromatic rings. The fourth-order valence-electron chi connectivity index (χ4n) is 4.31. The number of hydrogen-bond acceptors (Lipinski definition) is 8. The molecule has 0 saturated carbocycles. The minimum atomic E-state index is -0.851. The van der Waals surface area contributed by atoms with Crippen LogP contribution in [-0.4, -0.2) is 44.1 Å². The van der Waals surface area contributed by atoms with Crippen molar-refractivity contribution in [3.63, 3.8) is 0 Å². The summed E-state index contributed by atoms with van der Waals surface area (Å²) >= 11 is 0. The predicted octanol–water partition coefficient (Wildman–Crippen LogP) is 3.00. The lowest BCUT2D eigenvalue weighted by Crippen LogP contribution is -2.52. The maximum Gasteiger partial charge on any atom is 0.187 e. The zero-order chi connectivity index (χ0) is 25.3. The summed E-state index contributed by atoms with van der Waals surface area (Å²) in [5.74, 6) is -2.42. The second kappa shape index (κ2) is 10.1. The minimum Gasteiger partial charge on any atom is -0.396 e. The van der Waals surface area contributed by atoms with E-state index in [1.165, 1.54) is 6.07 Å².